The molecule has 0 aliphatic rings. The molecule has 0 radical (unpaired) electrons. The number of rotatable bonds is 7. The van der Waals surface area contributed by atoms with Gasteiger partial charge in [-0.2, -0.15) is 0 Å². The zero-order valence-corrected chi connectivity index (χ0v) is 14.9. The van der Waals surface area contributed by atoms with Gasteiger partial charge in [0.05, 0.1) is 13.7 Å². The molecule has 2 aromatic rings. The Morgan fingerprint density at radius 3 is 2.70 bits per heavy atom. The van der Waals surface area contributed by atoms with Gasteiger partial charge in [0.2, 0.25) is 5.91 Å². The number of ether oxygens (including phenoxy) is 2. The summed E-state index contributed by atoms with van der Waals surface area (Å²) in [7, 11) is 1.61. The Kier molecular flexibility index (Phi) is 6.47. The SMILES string of the molecule is CCOc1ccc(CCC(=O)Nc2cccc(Br)c2)cc1OC. The summed E-state index contributed by atoms with van der Waals surface area (Å²) in [6.07, 6.45) is 1.05. The number of carbonyl (C=O) groups excluding carboxylic acids is 1. The first-order chi connectivity index (χ1) is 11.1. The Labute approximate surface area is 144 Å². The average Bonchev–Trinajstić information content (AvgIpc) is 2.54. The van der Waals surface area contributed by atoms with Crippen LogP contribution in [0.1, 0.15) is 18.9 Å². The molecule has 4 nitrogen and oxygen atoms in total. The Morgan fingerprint density at radius 1 is 1.17 bits per heavy atom. The molecule has 122 valence electrons. The lowest BCUT2D eigenvalue weighted by atomic mass is 10.1. The first-order valence-electron chi connectivity index (χ1n) is 7.47. The molecular weight excluding hydrogens is 358 g/mol. The molecule has 0 spiro atoms. The van der Waals surface area contributed by atoms with Crippen molar-refractivity contribution in [2.24, 2.45) is 0 Å². The first-order valence-corrected chi connectivity index (χ1v) is 8.26. The maximum absolute atomic E-state index is 12.0. The molecule has 2 aromatic carbocycles. The van der Waals surface area contributed by atoms with Gasteiger partial charge < -0.3 is 14.8 Å². The van der Waals surface area contributed by atoms with Crippen LogP contribution in [0.4, 0.5) is 5.69 Å². The largest absolute Gasteiger partial charge is 0.493 e. The molecule has 0 heterocycles. The summed E-state index contributed by atoms with van der Waals surface area (Å²) in [5.41, 5.74) is 1.82. The van der Waals surface area contributed by atoms with Gasteiger partial charge in [0.15, 0.2) is 11.5 Å². The fourth-order valence-electron chi connectivity index (χ4n) is 2.19. The fraction of sp³-hybridized carbons (Fsp3) is 0.278. The Morgan fingerprint density at radius 2 is 2.00 bits per heavy atom. The molecule has 0 bridgehead atoms. The van der Waals surface area contributed by atoms with Crippen LogP contribution in [0.3, 0.4) is 0 Å². The van der Waals surface area contributed by atoms with Crippen molar-refractivity contribution in [1.29, 1.82) is 0 Å². The molecule has 1 N–H and O–H groups in total. The first kappa shape index (κ1) is 17.3. The van der Waals surface area contributed by atoms with Crippen molar-refractivity contribution in [3.8, 4) is 11.5 Å². The smallest absolute Gasteiger partial charge is 0.224 e. The Balaban J connectivity index is 1.93. The highest BCUT2D eigenvalue weighted by molar-refractivity contribution is 9.10. The average molecular weight is 378 g/mol. The van der Waals surface area contributed by atoms with E-state index in [4.69, 9.17) is 9.47 Å². The van der Waals surface area contributed by atoms with E-state index in [9.17, 15) is 4.79 Å². The maximum atomic E-state index is 12.0. The summed E-state index contributed by atoms with van der Waals surface area (Å²) in [6, 6.07) is 13.3. The monoisotopic (exact) mass is 377 g/mol. The van der Waals surface area contributed by atoms with Gasteiger partial charge in [-0.05, 0) is 49.2 Å². The summed E-state index contributed by atoms with van der Waals surface area (Å²) < 4.78 is 11.7. The Hall–Kier alpha value is -2.01. The minimum Gasteiger partial charge on any atom is -0.493 e. The molecule has 0 aliphatic carbocycles. The zero-order valence-electron chi connectivity index (χ0n) is 13.3. The van der Waals surface area contributed by atoms with Gasteiger partial charge in [-0.1, -0.05) is 28.1 Å². The molecule has 23 heavy (non-hydrogen) atoms. The van der Waals surface area contributed by atoms with E-state index in [1.54, 1.807) is 7.11 Å². The van der Waals surface area contributed by atoms with Gasteiger partial charge in [0, 0.05) is 16.6 Å². The summed E-state index contributed by atoms with van der Waals surface area (Å²) in [4.78, 5) is 12.0. The quantitative estimate of drug-likeness (QED) is 0.776. The van der Waals surface area contributed by atoms with Gasteiger partial charge in [-0.25, -0.2) is 0 Å². The number of hydrogen-bond donors (Lipinski definition) is 1. The number of aryl methyl sites for hydroxylation is 1. The minimum absolute atomic E-state index is 0.0176. The second-order valence-corrected chi connectivity index (χ2v) is 5.89. The normalized spacial score (nSPS) is 10.2. The lowest BCUT2D eigenvalue weighted by Crippen LogP contribution is -2.12. The van der Waals surface area contributed by atoms with E-state index in [1.165, 1.54) is 0 Å². The number of nitrogens with one attached hydrogen (secondary N) is 1. The molecule has 0 unspecified atom stereocenters. The van der Waals surface area contributed by atoms with Crippen molar-refractivity contribution in [3.63, 3.8) is 0 Å². The lowest BCUT2D eigenvalue weighted by molar-refractivity contribution is -0.116. The van der Waals surface area contributed by atoms with Gasteiger partial charge in [-0.3, -0.25) is 4.79 Å². The highest BCUT2D eigenvalue weighted by atomic mass is 79.9. The molecule has 0 saturated carbocycles. The molecular formula is C18H20BrNO3. The molecule has 0 aromatic heterocycles. The van der Waals surface area contributed by atoms with Crippen molar-refractivity contribution in [3.05, 3.63) is 52.5 Å². The van der Waals surface area contributed by atoms with E-state index in [1.807, 2.05) is 49.4 Å². The van der Waals surface area contributed by atoms with Crippen LogP contribution in [-0.4, -0.2) is 19.6 Å². The van der Waals surface area contributed by atoms with Crippen LogP contribution < -0.4 is 14.8 Å². The predicted molar refractivity (Wildman–Crippen MR) is 95.3 cm³/mol. The third kappa shape index (κ3) is 5.28. The third-order valence-corrected chi connectivity index (χ3v) is 3.77. The van der Waals surface area contributed by atoms with E-state index in [0.717, 1.165) is 21.5 Å². The number of amides is 1. The standard InChI is InChI=1S/C18H20BrNO3/c1-3-23-16-9-7-13(11-17(16)22-2)8-10-18(21)20-15-6-4-5-14(19)12-15/h4-7,9,11-12H,3,8,10H2,1-2H3,(H,20,21). The number of halogens is 1. The highest BCUT2D eigenvalue weighted by Gasteiger charge is 2.08. The maximum Gasteiger partial charge on any atom is 0.224 e. The van der Waals surface area contributed by atoms with Crippen molar-refractivity contribution in [2.45, 2.75) is 19.8 Å². The van der Waals surface area contributed by atoms with E-state index >= 15 is 0 Å². The van der Waals surface area contributed by atoms with Crippen LogP contribution in [0.15, 0.2) is 46.9 Å². The van der Waals surface area contributed by atoms with Crippen LogP contribution in [0, 0.1) is 0 Å². The molecule has 0 saturated heterocycles. The molecule has 0 atom stereocenters. The summed E-state index contributed by atoms with van der Waals surface area (Å²) in [5.74, 6) is 1.39. The van der Waals surface area contributed by atoms with Crippen LogP contribution in [0.2, 0.25) is 0 Å². The van der Waals surface area contributed by atoms with E-state index < -0.39 is 0 Å². The lowest BCUT2D eigenvalue weighted by Gasteiger charge is -2.11. The number of benzene rings is 2. The van der Waals surface area contributed by atoms with Gasteiger partial charge >= 0.3 is 0 Å². The number of anilines is 1. The minimum atomic E-state index is -0.0176. The van der Waals surface area contributed by atoms with Crippen molar-refractivity contribution >= 4 is 27.5 Å². The topological polar surface area (TPSA) is 47.6 Å². The van der Waals surface area contributed by atoms with Crippen LogP contribution in [-0.2, 0) is 11.2 Å². The second-order valence-electron chi connectivity index (χ2n) is 4.98. The fourth-order valence-corrected chi connectivity index (χ4v) is 2.59. The van der Waals surface area contributed by atoms with Gasteiger partial charge in [-0.15, -0.1) is 0 Å². The number of carbonyl (C=O) groups is 1. The summed E-state index contributed by atoms with van der Waals surface area (Å²) in [5, 5.41) is 2.89. The predicted octanol–water partition coefficient (Wildman–Crippen LogP) is 4.43. The molecule has 5 heteroatoms. The molecule has 0 aliphatic heterocycles. The highest BCUT2D eigenvalue weighted by Crippen LogP contribution is 2.28. The van der Waals surface area contributed by atoms with Crippen LogP contribution in [0.25, 0.3) is 0 Å². The van der Waals surface area contributed by atoms with Crippen molar-refractivity contribution in [1.82, 2.24) is 0 Å². The molecule has 0 fully saturated rings. The van der Waals surface area contributed by atoms with Crippen molar-refractivity contribution < 1.29 is 14.3 Å². The van der Waals surface area contributed by atoms with E-state index in [0.29, 0.717) is 25.2 Å². The van der Waals surface area contributed by atoms with E-state index in [-0.39, 0.29) is 5.91 Å². The van der Waals surface area contributed by atoms with Gasteiger partial charge in [0.25, 0.3) is 0 Å². The third-order valence-electron chi connectivity index (χ3n) is 3.28. The summed E-state index contributed by atoms with van der Waals surface area (Å²) >= 11 is 3.39. The Bertz CT molecular complexity index is 673. The zero-order chi connectivity index (χ0) is 16.7. The van der Waals surface area contributed by atoms with Crippen molar-refractivity contribution in [2.75, 3.05) is 19.0 Å². The summed E-state index contributed by atoms with van der Waals surface area (Å²) in [6.45, 7) is 2.52. The molecule has 1 amide bonds. The second kappa shape index (κ2) is 8.58. The van der Waals surface area contributed by atoms with E-state index in [2.05, 4.69) is 21.2 Å². The number of hydrogen-bond acceptors (Lipinski definition) is 3. The van der Waals surface area contributed by atoms with Crippen LogP contribution in [0.5, 0.6) is 11.5 Å². The molecule has 2 rings (SSSR count). The van der Waals surface area contributed by atoms with Gasteiger partial charge in [0.1, 0.15) is 0 Å². The van der Waals surface area contributed by atoms with Crippen LogP contribution >= 0.6 is 15.9 Å². The number of methoxy groups -OCH3 is 1.